The highest BCUT2D eigenvalue weighted by Crippen LogP contribution is 2.50. The number of para-hydroxylation sites is 1. The van der Waals surface area contributed by atoms with Crippen molar-refractivity contribution in [1.29, 1.82) is 0 Å². The Morgan fingerprint density at radius 3 is 2.42 bits per heavy atom. The minimum Gasteiger partial charge on any atom is -0.480 e. The lowest BCUT2D eigenvalue weighted by molar-refractivity contribution is 0.223. The van der Waals surface area contributed by atoms with Crippen LogP contribution in [0.25, 0.3) is 5.70 Å². The Morgan fingerprint density at radius 2 is 1.67 bits per heavy atom. The normalized spacial score (nSPS) is 18.5. The molecule has 2 aliphatic heterocycles. The van der Waals surface area contributed by atoms with Gasteiger partial charge in [-0.2, -0.15) is 10.1 Å². The van der Waals surface area contributed by atoms with Crippen LogP contribution in [0.4, 0.5) is 11.6 Å². The lowest BCUT2D eigenvalue weighted by Crippen LogP contribution is -2.32. The maximum atomic E-state index is 6.67. The van der Waals surface area contributed by atoms with Gasteiger partial charge in [-0.25, -0.2) is 4.68 Å². The quantitative estimate of drug-likeness (QED) is 0.393. The zero-order chi connectivity index (χ0) is 22.5. The molecule has 1 N–H and O–H groups in total. The predicted octanol–water partition coefficient (Wildman–Crippen LogP) is 5.67. The molecule has 0 saturated carbocycles. The molecule has 2 atom stereocenters. The minimum absolute atomic E-state index is 0.154. The molecule has 3 aromatic carbocycles. The van der Waals surface area contributed by atoms with Crippen molar-refractivity contribution in [2.75, 3.05) is 24.3 Å². The average Bonchev–Trinajstić information content (AvgIpc) is 3.31. The van der Waals surface area contributed by atoms with E-state index in [4.69, 9.17) is 4.74 Å². The summed E-state index contributed by atoms with van der Waals surface area (Å²) in [7, 11) is 4.09. The van der Waals surface area contributed by atoms with Gasteiger partial charge in [0, 0.05) is 35.4 Å². The number of ether oxygens (including phenoxy) is 1. The van der Waals surface area contributed by atoms with E-state index in [0.717, 1.165) is 49.8 Å². The average molecular weight is 500 g/mol. The molecule has 164 valence electrons. The van der Waals surface area contributed by atoms with Crippen molar-refractivity contribution in [3.63, 3.8) is 0 Å². The van der Waals surface area contributed by atoms with Gasteiger partial charge in [0.2, 0.25) is 5.95 Å². The van der Waals surface area contributed by atoms with E-state index in [1.165, 1.54) is 0 Å². The molecule has 0 radical (unpaired) electrons. The van der Waals surface area contributed by atoms with E-state index in [1.807, 2.05) is 37.0 Å². The number of rotatable bonds is 3. The second kappa shape index (κ2) is 7.78. The van der Waals surface area contributed by atoms with Gasteiger partial charge in [0.15, 0.2) is 0 Å². The predicted molar refractivity (Wildman–Crippen MR) is 133 cm³/mol. The molecule has 0 bridgehead atoms. The molecule has 0 saturated heterocycles. The Morgan fingerprint density at radius 1 is 0.939 bits per heavy atom. The van der Waals surface area contributed by atoms with Crippen LogP contribution in [0.15, 0.2) is 89.2 Å². The van der Waals surface area contributed by atoms with Crippen LogP contribution in [-0.4, -0.2) is 28.9 Å². The second-order valence-corrected chi connectivity index (χ2v) is 9.33. The van der Waals surface area contributed by atoms with Crippen LogP contribution >= 0.6 is 15.9 Å². The molecule has 1 aromatic heterocycles. The summed E-state index contributed by atoms with van der Waals surface area (Å²) in [5, 5.41) is 8.13. The van der Waals surface area contributed by atoms with Gasteiger partial charge >= 0.3 is 0 Å². The molecule has 6 rings (SSSR count). The van der Waals surface area contributed by atoms with Gasteiger partial charge in [-0.1, -0.05) is 52.3 Å². The van der Waals surface area contributed by atoms with Crippen molar-refractivity contribution in [2.24, 2.45) is 0 Å². The fraction of sp³-hybridized carbons (Fsp3) is 0.154. The number of nitrogens with one attached hydrogen (secondary N) is 1. The van der Waals surface area contributed by atoms with Crippen LogP contribution in [-0.2, 0) is 0 Å². The van der Waals surface area contributed by atoms with Crippen molar-refractivity contribution in [3.05, 3.63) is 106 Å². The highest BCUT2D eigenvalue weighted by atomic mass is 79.9. The second-order valence-electron chi connectivity index (χ2n) is 8.42. The van der Waals surface area contributed by atoms with Crippen LogP contribution in [0.5, 0.6) is 5.75 Å². The number of benzene rings is 3. The third kappa shape index (κ3) is 3.31. The first kappa shape index (κ1) is 20.1. The lowest BCUT2D eigenvalue weighted by atomic mass is 9.84. The molecule has 6 nitrogen and oxygen atoms in total. The molecule has 7 heteroatoms. The molecular formula is C26H22BrN5O. The SMILES string of the molecule is CN(C)c1ccc([C@H]2Oc3ccccc3C3=C2[C@H](c2ccc(Br)cc2)n2ncnc2N3)cc1. The molecular weight excluding hydrogens is 478 g/mol. The summed E-state index contributed by atoms with van der Waals surface area (Å²) in [5.74, 6) is 1.58. The molecule has 0 spiro atoms. The summed E-state index contributed by atoms with van der Waals surface area (Å²) in [5.41, 5.74) is 6.55. The van der Waals surface area contributed by atoms with Crippen molar-refractivity contribution < 1.29 is 4.74 Å². The molecule has 0 fully saturated rings. The number of halogens is 1. The fourth-order valence-corrected chi connectivity index (χ4v) is 4.87. The summed E-state index contributed by atoms with van der Waals surface area (Å²) >= 11 is 3.56. The van der Waals surface area contributed by atoms with Crippen molar-refractivity contribution >= 4 is 33.3 Å². The number of fused-ring (bicyclic) bond motifs is 3. The van der Waals surface area contributed by atoms with Gasteiger partial charge in [-0.05, 0) is 47.5 Å². The van der Waals surface area contributed by atoms with Crippen LogP contribution < -0.4 is 15.0 Å². The summed E-state index contributed by atoms with van der Waals surface area (Å²) in [6, 6.07) is 24.9. The van der Waals surface area contributed by atoms with E-state index in [1.54, 1.807) is 6.33 Å². The van der Waals surface area contributed by atoms with Crippen molar-refractivity contribution in [2.45, 2.75) is 12.1 Å². The van der Waals surface area contributed by atoms with Gasteiger partial charge in [-0.15, -0.1) is 0 Å². The van der Waals surface area contributed by atoms with E-state index < -0.39 is 0 Å². The maximum absolute atomic E-state index is 6.67. The summed E-state index contributed by atoms with van der Waals surface area (Å²) in [4.78, 5) is 6.59. The lowest BCUT2D eigenvalue weighted by Gasteiger charge is -2.39. The first-order valence-electron chi connectivity index (χ1n) is 10.8. The summed E-state index contributed by atoms with van der Waals surface area (Å²) in [6.45, 7) is 0. The van der Waals surface area contributed by atoms with Crippen molar-refractivity contribution in [3.8, 4) is 5.75 Å². The topological polar surface area (TPSA) is 55.2 Å². The maximum Gasteiger partial charge on any atom is 0.226 e. The smallest absolute Gasteiger partial charge is 0.226 e. The Bertz CT molecular complexity index is 1360. The largest absolute Gasteiger partial charge is 0.480 e. The number of hydrogen-bond donors (Lipinski definition) is 1. The Kier molecular flexibility index (Phi) is 4.73. The standard InChI is InChI=1S/C26H22BrN5O/c1-31(2)19-13-9-17(10-14-19)25-22-23(20-5-3-4-6-21(20)33-25)30-26-28-15-29-32(26)24(22)16-7-11-18(27)12-8-16/h3-15,24-25H,1-2H3,(H,28,29,30)/t24-,25+/m0/s1. The molecule has 4 aromatic rings. The minimum atomic E-state index is -0.274. The Balaban J connectivity index is 1.58. The van der Waals surface area contributed by atoms with Crippen molar-refractivity contribution in [1.82, 2.24) is 14.8 Å². The van der Waals surface area contributed by atoms with Crippen LogP contribution in [0.3, 0.4) is 0 Å². The molecule has 2 aliphatic rings. The number of nitrogens with zero attached hydrogens (tertiary/aromatic N) is 4. The van der Waals surface area contributed by atoms with Gasteiger partial charge in [-0.3, -0.25) is 0 Å². The zero-order valence-electron chi connectivity index (χ0n) is 18.2. The van der Waals surface area contributed by atoms with Gasteiger partial charge in [0.25, 0.3) is 0 Å². The monoisotopic (exact) mass is 499 g/mol. The molecule has 0 aliphatic carbocycles. The van der Waals surface area contributed by atoms with E-state index in [0.29, 0.717) is 0 Å². The van der Waals surface area contributed by atoms with Crippen LogP contribution in [0.1, 0.15) is 28.8 Å². The third-order valence-electron chi connectivity index (χ3n) is 6.22. The summed E-state index contributed by atoms with van der Waals surface area (Å²) in [6.07, 6.45) is 1.32. The van der Waals surface area contributed by atoms with Crippen LogP contribution in [0.2, 0.25) is 0 Å². The van der Waals surface area contributed by atoms with E-state index >= 15 is 0 Å². The number of hydrogen-bond acceptors (Lipinski definition) is 5. The Labute approximate surface area is 200 Å². The molecule has 0 amide bonds. The first-order valence-corrected chi connectivity index (χ1v) is 11.6. The number of anilines is 2. The van der Waals surface area contributed by atoms with E-state index in [2.05, 4.69) is 90.8 Å². The summed E-state index contributed by atoms with van der Waals surface area (Å²) < 4.78 is 9.65. The van der Waals surface area contributed by atoms with E-state index in [9.17, 15) is 0 Å². The Hall–Kier alpha value is -3.58. The van der Waals surface area contributed by atoms with Gasteiger partial charge in [0.1, 0.15) is 24.2 Å². The highest BCUT2D eigenvalue weighted by Gasteiger charge is 2.40. The molecule has 0 unspecified atom stereocenters. The van der Waals surface area contributed by atoms with E-state index in [-0.39, 0.29) is 12.1 Å². The van der Waals surface area contributed by atoms with Crippen LogP contribution in [0, 0.1) is 0 Å². The third-order valence-corrected chi connectivity index (χ3v) is 6.75. The van der Waals surface area contributed by atoms with Gasteiger partial charge < -0.3 is 15.0 Å². The number of aromatic nitrogens is 3. The first-order chi connectivity index (χ1) is 16.1. The zero-order valence-corrected chi connectivity index (χ0v) is 19.8. The molecule has 3 heterocycles. The fourth-order valence-electron chi connectivity index (χ4n) is 4.61. The highest BCUT2D eigenvalue weighted by molar-refractivity contribution is 9.10. The van der Waals surface area contributed by atoms with Gasteiger partial charge in [0.05, 0.1) is 5.70 Å². The molecule has 33 heavy (non-hydrogen) atoms.